The smallest absolute Gasteiger partial charge is 0.162 e. The maximum Gasteiger partial charge on any atom is 0.162 e. The summed E-state index contributed by atoms with van der Waals surface area (Å²) in [6, 6.07) is 12.6. The Balaban J connectivity index is 2.01. The molecule has 0 bridgehead atoms. The Morgan fingerprint density at radius 3 is 1.75 bits per heavy atom. The van der Waals surface area contributed by atoms with Crippen LogP contribution in [0, 0.1) is 22.7 Å². The lowest BCUT2D eigenvalue weighted by atomic mass is 10.2. The van der Waals surface area contributed by atoms with Crippen molar-refractivity contribution in [1.29, 1.82) is 10.5 Å². The molecule has 0 unspecified atom stereocenters. The summed E-state index contributed by atoms with van der Waals surface area (Å²) in [5, 5.41) is 30.7. The van der Waals surface area contributed by atoms with Crippen LogP contribution in [0.3, 0.4) is 0 Å². The molecule has 0 aliphatic carbocycles. The summed E-state index contributed by atoms with van der Waals surface area (Å²) in [6.45, 7) is 0. The number of hydrogen-bond acceptors (Lipinski definition) is 5. The Morgan fingerprint density at radius 1 is 0.850 bits per heavy atom. The summed E-state index contributed by atoms with van der Waals surface area (Å²) in [5.41, 5.74) is 3.24. The number of hydrogen-bond donors (Lipinski definition) is 2. The van der Waals surface area contributed by atoms with Gasteiger partial charge in [-0.1, -0.05) is 6.07 Å². The number of nitrogens with zero attached hydrogens (tertiary/aromatic N) is 5. The minimum absolute atomic E-state index is 0.306. The molecule has 7 nitrogen and oxygen atoms in total. The molecule has 3 aromatic rings. The first-order valence-corrected chi connectivity index (χ1v) is 5.69. The Labute approximate surface area is 113 Å². The van der Waals surface area contributed by atoms with Crippen LogP contribution in [0.5, 0.6) is 0 Å². The maximum absolute atomic E-state index is 8.76. The van der Waals surface area contributed by atoms with Crippen LogP contribution >= 0.6 is 0 Å². The summed E-state index contributed by atoms with van der Waals surface area (Å²) in [6.07, 6.45) is 0. The van der Waals surface area contributed by atoms with Crippen molar-refractivity contribution in [2.75, 3.05) is 0 Å². The SMILES string of the molecule is N#Cc1cc(-c2cccc(-c3cc(C#N)n[nH]3)n2)[nH]n1. The van der Waals surface area contributed by atoms with E-state index in [1.165, 1.54) is 0 Å². The van der Waals surface area contributed by atoms with Crippen molar-refractivity contribution in [3.8, 4) is 34.9 Å². The maximum atomic E-state index is 8.76. The molecular weight excluding hydrogens is 254 g/mol. The van der Waals surface area contributed by atoms with Crippen molar-refractivity contribution in [2.24, 2.45) is 0 Å². The highest BCUT2D eigenvalue weighted by atomic mass is 15.1. The van der Waals surface area contributed by atoms with Gasteiger partial charge < -0.3 is 0 Å². The average Bonchev–Trinajstić information content (AvgIpc) is 3.16. The standard InChI is InChI=1S/C13H7N7/c14-6-8-4-12(19-17-8)10-2-1-3-11(16-10)13-5-9(7-15)18-20-13/h1-5H,(H,17,19)(H,18,20). The fraction of sp³-hybridized carbons (Fsp3) is 0. The van der Waals surface area contributed by atoms with Gasteiger partial charge in [-0.2, -0.15) is 20.7 Å². The van der Waals surface area contributed by atoms with E-state index in [4.69, 9.17) is 10.5 Å². The molecule has 3 aromatic heterocycles. The van der Waals surface area contributed by atoms with Crippen molar-refractivity contribution in [2.45, 2.75) is 0 Å². The Kier molecular flexibility index (Phi) is 2.72. The molecule has 0 amide bonds. The molecule has 0 aliphatic rings. The zero-order chi connectivity index (χ0) is 13.9. The van der Waals surface area contributed by atoms with Crippen molar-refractivity contribution in [3.63, 3.8) is 0 Å². The van der Waals surface area contributed by atoms with Gasteiger partial charge in [0.05, 0.1) is 22.8 Å². The number of nitriles is 2. The van der Waals surface area contributed by atoms with Gasteiger partial charge in [0.25, 0.3) is 0 Å². The zero-order valence-electron chi connectivity index (χ0n) is 10.1. The third kappa shape index (κ3) is 2.00. The van der Waals surface area contributed by atoms with Crippen molar-refractivity contribution in [3.05, 3.63) is 41.7 Å². The van der Waals surface area contributed by atoms with Gasteiger partial charge in [-0.15, -0.1) is 0 Å². The van der Waals surface area contributed by atoms with Crippen LogP contribution in [-0.2, 0) is 0 Å². The quantitative estimate of drug-likeness (QED) is 0.726. The van der Waals surface area contributed by atoms with E-state index in [9.17, 15) is 0 Å². The van der Waals surface area contributed by atoms with Crippen molar-refractivity contribution >= 4 is 0 Å². The van der Waals surface area contributed by atoms with Crippen LogP contribution in [0.25, 0.3) is 22.8 Å². The fourth-order valence-corrected chi connectivity index (χ4v) is 1.76. The van der Waals surface area contributed by atoms with Gasteiger partial charge in [-0.05, 0) is 12.1 Å². The van der Waals surface area contributed by atoms with Crippen LogP contribution in [0.4, 0.5) is 0 Å². The number of aromatic amines is 2. The van der Waals surface area contributed by atoms with Gasteiger partial charge >= 0.3 is 0 Å². The van der Waals surface area contributed by atoms with Gasteiger partial charge in [-0.25, -0.2) is 4.98 Å². The molecule has 7 heteroatoms. The topological polar surface area (TPSA) is 118 Å². The first-order valence-electron chi connectivity index (χ1n) is 5.69. The fourth-order valence-electron chi connectivity index (χ4n) is 1.76. The van der Waals surface area contributed by atoms with E-state index in [1.54, 1.807) is 24.3 Å². The first-order chi connectivity index (χ1) is 9.80. The largest absolute Gasteiger partial charge is 0.275 e. The van der Waals surface area contributed by atoms with E-state index in [1.807, 2.05) is 18.2 Å². The summed E-state index contributed by atoms with van der Waals surface area (Å²) in [7, 11) is 0. The summed E-state index contributed by atoms with van der Waals surface area (Å²) in [4.78, 5) is 4.45. The number of aromatic nitrogens is 5. The molecule has 2 N–H and O–H groups in total. The lowest BCUT2D eigenvalue weighted by molar-refractivity contribution is 1.06. The normalized spacial score (nSPS) is 9.90. The third-order valence-corrected chi connectivity index (χ3v) is 2.69. The molecule has 0 saturated carbocycles. The molecule has 0 spiro atoms. The van der Waals surface area contributed by atoms with E-state index in [-0.39, 0.29) is 0 Å². The highest BCUT2D eigenvalue weighted by Gasteiger charge is 2.08. The molecule has 20 heavy (non-hydrogen) atoms. The second-order valence-electron chi connectivity index (χ2n) is 3.97. The molecule has 94 valence electrons. The predicted molar refractivity (Wildman–Crippen MR) is 68.8 cm³/mol. The molecule has 0 saturated heterocycles. The summed E-state index contributed by atoms with van der Waals surface area (Å²) in [5.74, 6) is 0. The number of rotatable bonds is 2. The third-order valence-electron chi connectivity index (χ3n) is 2.69. The number of H-pyrrole nitrogens is 2. The van der Waals surface area contributed by atoms with Gasteiger partial charge in [0.2, 0.25) is 0 Å². The predicted octanol–water partition coefficient (Wildman–Crippen LogP) is 1.61. The number of pyridine rings is 1. The van der Waals surface area contributed by atoms with Gasteiger partial charge in [-0.3, -0.25) is 10.2 Å². The van der Waals surface area contributed by atoms with Crippen LogP contribution in [0.2, 0.25) is 0 Å². The van der Waals surface area contributed by atoms with Gasteiger partial charge in [0, 0.05) is 12.1 Å². The summed E-state index contributed by atoms with van der Waals surface area (Å²) >= 11 is 0. The minimum atomic E-state index is 0.306. The van der Waals surface area contributed by atoms with Crippen LogP contribution in [0.1, 0.15) is 11.4 Å². The molecular formula is C13H7N7. The minimum Gasteiger partial charge on any atom is -0.275 e. The lowest BCUT2D eigenvalue weighted by Gasteiger charge is -2.00. The van der Waals surface area contributed by atoms with E-state index in [2.05, 4.69) is 25.4 Å². The van der Waals surface area contributed by atoms with Crippen molar-refractivity contribution in [1.82, 2.24) is 25.4 Å². The molecule has 0 atom stereocenters. The Hall–Kier alpha value is -3.45. The molecule has 0 aliphatic heterocycles. The van der Waals surface area contributed by atoms with Gasteiger partial charge in [0.15, 0.2) is 11.4 Å². The first kappa shape index (κ1) is 11.6. The second kappa shape index (κ2) is 4.67. The Bertz CT molecular complexity index is 776. The highest BCUT2D eigenvalue weighted by molar-refractivity contribution is 5.62. The average molecular weight is 261 g/mol. The van der Waals surface area contributed by atoms with Crippen LogP contribution in [-0.4, -0.2) is 25.4 Å². The summed E-state index contributed by atoms with van der Waals surface area (Å²) < 4.78 is 0. The van der Waals surface area contributed by atoms with E-state index in [0.29, 0.717) is 34.2 Å². The van der Waals surface area contributed by atoms with Crippen molar-refractivity contribution < 1.29 is 0 Å². The molecule has 0 fully saturated rings. The lowest BCUT2D eigenvalue weighted by Crippen LogP contribution is -1.88. The monoisotopic (exact) mass is 261 g/mol. The molecule has 3 rings (SSSR count). The number of nitrogens with one attached hydrogen (secondary N) is 2. The van der Waals surface area contributed by atoms with E-state index in [0.717, 1.165) is 0 Å². The zero-order valence-corrected chi connectivity index (χ0v) is 10.1. The molecule has 0 radical (unpaired) electrons. The molecule has 3 heterocycles. The van der Waals surface area contributed by atoms with Gasteiger partial charge in [0.1, 0.15) is 12.1 Å². The highest BCUT2D eigenvalue weighted by Crippen LogP contribution is 2.20. The van der Waals surface area contributed by atoms with Crippen LogP contribution in [0.15, 0.2) is 30.3 Å². The molecule has 0 aromatic carbocycles. The van der Waals surface area contributed by atoms with E-state index < -0.39 is 0 Å². The van der Waals surface area contributed by atoms with Crippen LogP contribution < -0.4 is 0 Å². The van der Waals surface area contributed by atoms with E-state index >= 15 is 0 Å². The second-order valence-corrected chi connectivity index (χ2v) is 3.97. The Morgan fingerprint density at radius 2 is 1.35 bits per heavy atom.